The summed E-state index contributed by atoms with van der Waals surface area (Å²) < 4.78 is 3.20. The average Bonchev–Trinajstić information content (AvgIpc) is 2.51. The van der Waals surface area contributed by atoms with Crippen molar-refractivity contribution in [2.75, 3.05) is 13.1 Å². The SMILES string of the molecule is Cn1nc(-c2cc3n(c(=O)c2)C[C@@H]2CNC[C@H]3C2)ccc1=O. The van der Waals surface area contributed by atoms with Crippen LogP contribution >= 0.6 is 0 Å². The predicted octanol–water partition coefficient (Wildman–Crippen LogP) is 0.316. The third kappa shape index (κ3) is 2.11. The normalized spacial score (nSPS) is 23.1. The Bertz CT molecular complexity index is 852. The molecule has 0 aliphatic carbocycles. The van der Waals surface area contributed by atoms with Crippen molar-refractivity contribution in [2.45, 2.75) is 18.9 Å². The number of aromatic nitrogens is 3. The van der Waals surface area contributed by atoms with E-state index in [0.717, 1.165) is 37.3 Å². The fourth-order valence-electron chi connectivity index (χ4n) is 3.61. The monoisotopic (exact) mass is 298 g/mol. The molecule has 1 saturated heterocycles. The van der Waals surface area contributed by atoms with Crippen LogP contribution in [-0.4, -0.2) is 27.4 Å². The molecular weight excluding hydrogens is 280 g/mol. The van der Waals surface area contributed by atoms with Crippen LogP contribution in [-0.2, 0) is 13.6 Å². The summed E-state index contributed by atoms with van der Waals surface area (Å²) >= 11 is 0. The molecule has 4 heterocycles. The maximum absolute atomic E-state index is 12.5. The Hall–Kier alpha value is -2.21. The first-order chi connectivity index (χ1) is 10.6. The van der Waals surface area contributed by atoms with Gasteiger partial charge in [-0.3, -0.25) is 9.59 Å². The Balaban J connectivity index is 1.86. The van der Waals surface area contributed by atoms with Crippen LogP contribution < -0.4 is 16.4 Å². The van der Waals surface area contributed by atoms with Crippen molar-refractivity contribution in [3.63, 3.8) is 0 Å². The van der Waals surface area contributed by atoms with Crippen molar-refractivity contribution in [3.8, 4) is 11.3 Å². The van der Waals surface area contributed by atoms with Gasteiger partial charge in [0.15, 0.2) is 0 Å². The predicted molar refractivity (Wildman–Crippen MR) is 82.9 cm³/mol. The number of fused-ring (bicyclic) bond motifs is 4. The molecule has 0 amide bonds. The highest BCUT2D eigenvalue weighted by Crippen LogP contribution is 2.33. The van der Waals surface area contributed by atoms with Gasteiger partial charge in [-0.1, -0.05) is 0 Å². The van der Waals surface area contributed by atoms with Crippen molar-refractivity contribution in [1.82, 2.24) is 19.7 Å². The largest absolute Gasteiger partial charge is 0.316 e. The Labute approximate surface area is 127 Å². The van der Waals surface area contributed by atoms with Gasteiger partial charge >= 0.3 is 0 Å². The van der Waals surface area contributed by atoms with Crippen LogP contribution in [0.3, 0.4) is 0 Å². The van der Waals surface area contributed by atoms with Crippen LogP contribution in [0, 0.1) is 5.92 Å². The number of hydrogen-bond acceptors (Lipinski definition) is 4. The minimum Gasteiger partial charge on any atom is -0.316 e. The number of hydrogen-bond donors (Lipinski definition) is 1. The molecule has 4 rings (SSSR count). The van der Waals surface area contributed by atoms with Crippen LogP contribution in [0.15, 0.2) is 33.9 Å². The van der Waals surface area contributed by atoms with E-state index in [1.807, 2.05) is 4.57 Å². The molecule has 22 heavy (non-hydrogen) atoms. The summed E-state index contributed by atoms with van der Waals surface area (Å²) in [6, 6.07) is 6.85. The maximum atomic E-state index is 12.5. The van der Waals surface area contributed by atoms with E-state index in [9.17, 15) is 9.59 Å². The zero-order valence-electron chi connectivity index (χ0n) is 12.5. The van der Waals surface area contributed by atoms with Crippen molar-refractivity contribution >= 4 is 0 Å². The molecule has 1 fully saturated rings. The number of rotatable bonds is 1. The van der Waals surface area contributed by atoms with Crippen molar-refractivity contribution in [1.29, 1.82) is 0 Å². The molecule has 6 heteroatoms. The first kappa shape index (κ1) is 13.5. The number of aryl methyl sites for hydroxylation is 1. The number of nitrogens with one attached hydrogen (secondary N) is 1. The van der Waals surface area contributed by atoms with E-state index < -0.39 is 0 Å². The lowest BCUT2D eigenvalue weighted by atomic mass is 9.83. The summed E-state index contributed by atoms with van der Waals surface area (Å²) in [6.07, 6.45) is 1.14. The van der Waals surface area contributed by atoms with Crippen LogP contribution in [0.2, 0.25) is 0 Å². The van der Waals surface area contributed by atoms with Gasteiger partial charge in [0.2, 0.25) is 0 Å². The van der Waals surface area contributed by atoms with Gasteiger partial charge in [0, 0.05) is 49.4 Å². The molecule has 1 N–H and O–H groups in total. The van der Waals surface area contributed by atoms with E-state index in [2.05, 4.69) is 16.5 Å². The molecule has 2 aliphatic rings. The van der Waals surface area contributed by atoms with Gasteiger partial charge in [-0.05, 0) is 31.0 Å². The van der Waals surface area contributed by atoms with Crippen molar-refractivity contribution in [2.24, 2.45) is 13.0 Å². The van der Waals surface area contributed by atoms with Crippen LogP contribution in [0.25, 0.3) is 11.3 Å². The summed E-state index contributed by atoms with van der Waals surface area (Å²) in [5, 5.41) is 7.70. The van der Waals surface area contributed by atoms with Gasteiger partial charge in [0.1, 0.15) is 0 Å². The van der Waals surface area contributed by atoms with E-state index in [4.69, 9.17) is 0 Å². The summed E-state index contributed by atoms with van der Waals surface area (Å²) in [4.78, 5) is 24.0. The molecule has 0 saturated carbocycles. The number of nitrogens with zero attached hydrogens (tertiary/aromatic N) is 3. The lowest BCUT2D eigenvalue weighted by molar-refractivity contribution is 0.257. The molecular formula is C16H18N4O2. The van der Waals surface area contributed by atoms with Crippen molar-refractivity contribution in [3.05, 3.63) is 50.7 Å². The molecule has 0 aromatic carbocycles. The Morgan fingerprint density at radius 3 is 2.86 bits per heavy atom. The van der Waals surface area contributed by atoms with Gasteiger partial charge in [0.05, 0.1) is 5.69 Å². The topological polar surface area (TPSA) is 68.9 Å². The second kappa shape index (κ2) is 4.91. The van der Waals surface area contributed by atoms with Crippen LogP contribution in [0.4, 0.5) is 0 Å². The van der Waals surface area contributed by atoms with E-state index >= 15 is 0 Å². The minimum absolute atomic E-state index is 0.0275. The highest BCUT2D eigenvalue weighted by atomic mass is 16.1. The second-order valence-electron chi connectivity index (χ2n) is 6.26. The van der Waals surface area contributed by atoms with Crippen LogP contribution in [0.1, 0.15) is 18.0 Å². The van der Waals surface area contributed by atoms with Crippen LogP contribution in [0.5, 0.6) is 0 Å². The Kier molecular flexibility index (Phi) is 3.00. The van der Waals surface area contributed by atoms with Gasteiger partial charge in [-0.25, -0.2) is 4.68 Å². The minimum atomic E-state index is -0.155. The molecule has 2 aliphatic heterocycles. The average molecular weight is 298 g/mol. The Morgan fingerprint density at radius 2 is 2.05 bits per heavy atom. The van der Waals surface area contributed by atoms with Crippen molar-refractivity contribution < 1.29 is 0 Å². The molecule has 2 aromatic rings. The molecule has 114 valence electrons. The fourth-order valence-corrected chi connectivity index (χ4v) is 3.61. The zero-order valence-corrected chi connectivity index (χ0v) is 12.5. The maximum Gasteiger partial charge on any atom is 0.266 e. The van der Waals surface area contributed by atoms with Gasteiger partial charge < -0.3 is 9.88 Å². The number of piperidine rings is 1. The highest BCUT2D eigenvalue weighted by Gasteiger charge is 2.31. The lowest BCUT2D eigenvalue weighted by Gasteiger charge is -2.37. The summed E-state index contributed by atoms with van der Waals surface area (Å²) in [5.41, 5.74) is 2.41. The van der Waals surface area contributed by atoms with E-state index in [1.165, 1.54) is 10.7 Å². The van der Waals surface area contributed by atoms with Gasteiger partial charge in [-0.2, -0.15) is 5.10 Å². The lowest BCUT2D eigenvalue weighted by Crippen LogP contribution is -2.44. The molecule has 2 bridgehead atoms. The summed E-state index contributed by atoms with van der Waals surface area (Å²) in [7, 11) is 1.62. The van der Waals surface area contributed by atoms with Gasteiger partial charge in [-0.15, -0.1) is 0 Å². The molecule has 2 aromatic heterocycles. The quantitative estimate of drug-likeness (QED) is 0.823. The van der Waals surface area contributed by atoms with E-state index in [1.54, 1.807) is 19.2 Å². The highest BCUT2D eigenvalue weighted by molar-refractivity contribution is 5.58. The molecule has 0 spiro atoms. The molecule has 2 atom stereocenters. The molecule has 6 nitrogen and oxygen atoms in total. The Morgan fingerprint density at radius 1 is 1.18 bits per heavy atom. The summed E-state index contributed by atoms with van der Waals surface area (Å²) in [5.74, 6) is 0.929. The van der Waals surface area contributed by atoms with E-state index in [-0.39, 0.29) is 11.1 Å². The first-order valence-electron chi connectivity index (χ1n) is 7.62. The first-order valence-corrected chi connectivity index (χ1v) is 7.62. The molecule has 0 unspecified atom stereocenters. The standard InChI is InChI=1S/C16H18N4O2/c1-19-15(21)3-2-13(18-19)11-5-14-12-4-10(7-17-8-12)9-20(14)16(22)6-11/h2-3,5-6,10,12,17H,4,7-9H2,1H3/t10-,12+/m0/s1. The van der Waals surface area contributed by atoms with Gasteiger partial charge in [0.25, 0.3) is 11.1 Å². The summed E-state index contributed by atoms with van der Waals surface area (Å²) in [6.45, 7) is 2.70. The third-order valence-corrected chi connectivity index (χ3v) is 4.72. The number of pyridine rings is 1. The third-order valence-electron chi connectivity index (χ3n) is 4.72. The fraction of sp³-hybridized carbons (Fsp3) is 0.438. The smallest absolute Gasteiger partial charge is 0.266 e. The molecule has 0 radical (unpaired) electrons. The van der Waals surface area contributed by atoms with E-state index in [0.29, 0.717) is 17.5 Å². The second-order valence-corrected chi connectivity index (χ2v) is 6.26. The zero-order chi connectivity index (χ0) is 15.3.